The zero-order valence-electron chi connectivity index (χ0n) is 11.3. The normalized spacial score (nSPS) is 41.5. The molecule has 1 saturated heterocycles. The molecule has 1 aliphatic heterocycles. The van der Waals surface area contributed by atoms with Gasteiger partial charge in [-0.25, -0.2) is 0 Å². The van der Waals surface area contributed by atoms with Crippen LogP contribution in [0.3, 0.4) is 0 Å². The highest BCUT2D eigenvalue weighted by molar-refractivity contribution is 5.82. The van der Waals surface area contributed by atoms with Gasteiger partial charge in [0.1, 0.15) is 0 Å². The van der Waals surface area contributed by atoms with E-state index in [0.29, 0.717) is 18.4 Å². The van der Waals surface area contributed by atoms with Crippen LogP contribution in [-0.4, -0.2) is 35.8 Å². The lowest BCUT2D eigenvalue weighted by atomic mass is 9.83. The van der Waals surface area contributed by atoms with Crippen molar-refractivity contribution in [1.29, 1.82) is 0 Å². The van der Waals surface area contributed by atoms with Crippen LogP contribution in [0.25, 0.3) is 0 Å². The lowest BCUT2D eigenvalue weighted by Gasteiger charge is -2.36. The van der Waals surface area contributed by atoms with E-state index in [-0.39, 0.29) is 29.7 Å². The molecule has 0 aromatic carbocycles. The van der Waals surface area contributed by atoms with Gasteiger partial charge in [0.05, 0.1) is 11.8 Å². The summed E-state index contributed by atoms with van der Waals surface area (Å²) in [5.74, 6) is 0.718. The standard InChI is InChI=1S/C14H23N3O2/c15-12-9-4-3-8(6-9)11(12)14(19)17-5-1-2-10(7-17)13(16)18/h8-12H,1-7,15H2,(H2,16,18). The zero-order valence-corrected chi connectivity index (χ0v) is 11.3. The predicted molar refractivity (Wildman–Crippen MR) is 70.8 cm³/mol. The van der Waals surface area contributed by atoms with Gasteiger partial charge in [-0.05, 0) is 43.9 Å². The average molecular weight is 265 g/mol. The molecular weight excluding hydrogens is 242 g/mol. The van der Waals surface area contributed by atoms with E-state index in [1.807, 2.05) is 4.90 Å². The number of amides is 2. The maximum Gasteiger partial charge on any atom is 0.227 e. The Bertz CT molecular complexity index is 396. The Labute approximate surface area is 113 Å². The van der Waals surface area contributed by atoms with Crippen molar-refractivity contribution in [3.63, 3.8) is 0 Å². The number of nitrogens with zero attached hydrogens (tertiary/aromatic N) is 1. The molecule has 3 fully saturated rings. The highest BCUT2D eigenvalue weighted by atomic mass is 16.2. The van der Waals surface area contributed by atoms with E-state index in [9.17, 15) is 9.59 Å². The first-order chi connectivity index (χ1) is 9.08. The van der Waals surface area contributed by atoms with E-state index in [1.54, 1.807) is 0 Å². The van der Waals surface area contributed by atoms with Crippen molar-refractivity contribution in [1.82, 2.24) is 4.90 Å². The lowest BCUT2D eigenvalue weighted by molar-refractivity contribution is -0.140. The lowest BCUT2D eigenvalue weighted by Crippen LogP contribution is -2.51. The molecule has 106 valence electrons. The minimum absolute atomic E-state index is 0.00891. The summed E-state index contributed by atoms with van der Waals surface area (Å²) in [5, 5.41) is 0. The first-order valence-electron chi connectivity index (χ1n) is 7.41. The molecule has 3 rings (SSSR count). The number of fused-ring (bicyclic) bond motifs is 2. The van der Waals surface area contributed by atoms with Gasteiger partial charge >= 0.3 is 0 Å². The molecule has 0 aromatic heterocycles. The molecule has 5 heteroatoms. The van der Waals surface area contributed by atoms with E-state index in [4.69, 9.17) is 11.5 Å². The average Bonchev–Trinajstić information content (AvgIpc) is 2.99. The van der Waals surface area contributed by atoms with Gasteiger partial charge < -0.3 is 16.4 Å². The fourth-order valence-electron chi connectivity index (χ4n) is 4.32. The first kappa shape index (κ1) is 12.9. The Morgan fingerprint density at radius 3 is 2.47 bits per heavy atom. The third-order valence-electron chi connectivity index (χ3n) is 5.40. The van der Waals surface area contributed by atoms with Crippen LogP contribution in [0.2, 0.25) is 0 Å². The van der Waals surface area contributed by atoms with Crippen LogP contribution in [-0.2, 0) is 9.59 Å². The van der Waals surface area contributed by atoms with Crippen molar-refractivity contribution in [2.75, 3.05) is 13.1 Å². The van der Waals surface area contributed by atoms with Gasteiger partial charge in [-0.3, -0.25) is 9.59 Å². The van der Waals surface area contributed by atoms with Gasteiger partial charge in [-0.1, -0.05) is 0 Å². The topological polar surface area (TPSA) is 89.4 Å². The van der Waals surface area contributed by atoms with E-state index < -0.39 is 0 Å². The fraction of sp³-hybridized carbons (Fsp3) is 0.857. The number of carbonyl (C=O) groups is 2. The molecule has 2 saturated carbocycles. The summed E-state index contributed by atoms with van der Waals surface area (Å²) in [7, 11) is 0. The quantitative estimate of drug-likeness (QED) is 0.741. The van der Waals surface area contributed by atoms with Crippen LogP contribution < -0.4 is 11.5 Å². The second-order valence-electron chi connectivity index (χ2n) is 6.46. The van der Waals surface area contributed by atoms with Gasteiger partial charge in [-0.2, -0.15) is 0 Å². The Morgan fingerprint density at radius 1 is 1.11 bits per heavy atom. The molecule has 4 N–H and O–H groups in total. The number of piperidine rings is 1. The van der Waals surface area contributed by atoms with E-state index in [1.165, 1.54) is 6.42 Å². The Hall–Kier alpha value is -1.10. The maximum absolute atomic E-state index is 12.7. The van der Waals surface area contributed by atoms with Crippen molar-refractivity contribution in [2.24, 2.45) is 35.1 Å². The maximum atomic E-state index is 12.7. The molecule has 1 heterocycles. The van der Waals surface area contributed by atoms with Crippen molar-refractivity contribution in [3.8, 4) is 0 Å². The Kier molecular flexibility index (Phi) is 3.25. The third-order valence-corrected chi connectivity index (χ3v) is 5.40. The minimum atomic E-state index is -0.283. The van der Waals surface area contributed by atoms with Crippen molar-refractivity contribution >= 4 is 11.8 Å². The van der Waals surface area contributed by atoms with Crippen LogP contribution in [0.15, 0.2) is 0 Å². The summed E-state index contributed by atoms with van der Waals surface area (Å²) in [5.41, 5.74) is 11.6. The molecule has 0 radical (unpaired) electrons. The number of rotatable bonds is 2. The molecule has 5 nitrogen and oxygen atoms in total. The summed E-state index contributed by atoms with van der Waals surface area (Å²) in [6, 6.07) is 0.0280. The van der Waals surface area contributed by atoms with Crippen LogP contribution in [0.5, 0.6) is 0 Å². The highest BCUT2D eigenvalue weighted by Crippen LogP contribution is 2.48. The number of carbonyl (C=O) groups excluding carboxylic acids is 2. The molecule has 19 heavy (non-hydrogen) atoms. The summed E-state index contributed by atoms with van der Waals surface area (Å²) < 4.78 is 0. The highest BCUT2D eigenvalue weighted by Gasteiger charge is 2.50. The Morgan fingerprint density at radius 2 is 1.84 bits per heavy atom. The summed E-state index contributed by atoms with van der Waals surface area (Å²) >= 11 is 0. The van der Waals surface area contributed by atoms with Crippen LogP contribution in [0, 0.1) is 23.7 Å². The Balaban J connectivity index is 1.68. The predicted octanol–water partition coefficient (Wildman–Crippen LogP) is 0.0837. The number of hydrogen-bond donors (Lipinski definition) is 2. The SMILES string of the molecule is NC(=O)C1CCCN(C(=O)C2C3CCC(C3)C2N)C1. The summed E-state index contributed by atoms with van der Waals surface area (Å²) in [6.07, 6.45) is 5.11. The second kappa shape index (κ2) is 4.78. The number of likely N-dealkylation sites (tertiary alicyclic amines) is 1. The van der Waals surface area contributed by atoms with Crippen LogP contribution >= 0.6 is 0 Å². The van der Waals surface area contributed by atoms with Gasteiger partial charge in [0.15, 0.2) is 0 Å². The third kappa shape index (κ3) is 2.14. The minimum Gasteiger partial charge on any atom is -0.369 e. The smallest absolute Gasteiger partial charge is 0.227 e. The molecular formula is C14H23N3O2. The molecule has 3 aliphatic rings. The number of hydrogen-bond acceptors (Lipinski definition) is 3. The molecule has 5 unspecified atom stereocenters. The molecule has 0 spiro atoms. The number of nitrogens with two attached hydrogens (primary N) is 2. The molecule has 2 aliphatic carbocycles. The van der Waals surface area contributed by atoms with E-state index >= 15 is 0 Å². The van der Waals surface area contributed by atoms with Crippen molar-refractivity contribution in [3.05, 3.63) is 0 Å². The molecule has 5 atom stereocenters. The van der Waals surface area contributed by atoms with Gasteiger partial charge in [0.25, 0.3) is 0 Å². The zero-order chi connectivity index (χ0) is 13.6. The van der Waals surface area contributed by atoms with Gasteiger partial charge in [-0.15, -0.1) is 0 Å². The van der Waals surface area contributed by atoms with Crippen LogP contribution in [0.1, 0.15) is 32.1 Å². The second-order valence-corrected chi connectivity index (χ2v) is 6.46. The first-order valence-corrected chi connectivity index (χ1v) is 7.41. The van der Waals surface area contributed by atoms with E-state index in [2.05, 4.69) is 0 Å². The molecule has 2 bridgehead atoms. The van der Waals surface area contributed by atoms with Gasteiger partial charge in [0, 0.05) is 19.1 Å². The summed E-state index contributed by atoms with van der Waals surface area (Å²) in [4.78, 5) is 25.8. The van der Waals surface area contributed by atoms with Crippen molar-refractivity contribution < 1.29 is 9.59 Å². The van der Waals surface area contributed by atoms with Gasteiger partial charge in [0.2, 0.25) is 11.8 Å². The monoisotopic (exact) mass is 265 g/mol. The molecule has 0 aromatic rings. The molecule has 2 amide bonds. The van der Waals surface area contributed by atoms with E-state index in [0.717, 1.165) is 32.2 Å². The largest absolute Gasteiger partial charge is 0.369 e. The van der Waals surface area contributed by atoms with Crippen LogP contribution in [0.4, 0.5) is 0 Å². The summed E-state index contributed by atoms with van der Waals surface area (Å²) in [6.45, 7) is 1.25. The fourth-order valence-corrected chi connectivity index (χ4v) is 4.32. The number of primary amides is 1. The van der Waals surface area contributed by atoms with Crippen molar-refractivity contribution in [2.45, 2.75) is 38.1 Å².